The average Bonchev–Trinajstić information content (AvgIpc) is 3.12. The van der Waals surface area contributed by atoms with Crippen LogP contribution in [0.25, 0.3) is 0 Å². The minimum atomic E-state index is -0.411. The molecular formula is C38H66O12. The number of hydrogen-bond acceptors (Lipinski definition) is 12. The predicted octanol–water partition coefficient (Wildman–Crippen LogP) is 5.24. The molecule has 1 aromatic rings. The summed E-state index contributed by atoms with van der Waals surface area (Å²) in [6.45, 7) is 16.8. The van der Waals surface area contributed by atoms with Crippen LogP contribution in [0.1, 0.15) is 57.9 Å². The molecule has 0 spiro atoms. The standard InChI is InChI=1S/C38H66O12/c1-4-5-6-7-8-9-10-36-11-13-37(14-12-36)49-33-31-47-29-27-45-25-23-43-21-19-41-17-15-40-16-18-42-20-22-44-24-26-46-28-30-48-32-34-50-38(39)35(2)3/h11-14H,2,4-10,15-34H2,1,3H3. The van der Waals surface area contributed by atoms with E-state index in [1.165, 1.54) is 44.1 Å². The Balaban J connectivity index is 1.70. The summed E-state index contributed by atoms with van der Waals surface area (Å²) in [6.07, 6.45) is 9.07. The first-order chi connectivity index (χ1) is 24.6. The molecule has 12 heteroatoms. The lowest BCUT2D eigenvalue weighted by atomic mass is 10.0. The molecule has 0 heterocycles. The lowest BCUT2D eigenvalue weighted by molar-refractivity contribution is -0.140. The Kier molecular flexibility index (Phi) is 33.6. The fraction of sp³-hybridized carbons (Fsp3) is 0.763. The quantitative estimate of drug-likeness (QED) is 0.0505. The van der Waals surface area contributed by atoms with Crippen molar-refractivity contribution in [2.24, 2.45) is 0 Å². The van der Waals surface area contributed by atoms with E-state index in [9.17, 15) is 4.79 Å². The normalized spacial score (nSPS) is 11.2. The third kappa shape index (κ3) is 31.8. The molecule has 50 heavy (non-hydrogen) atoms. The van der Waals surface area contributed by atoms with E-state index in [4.69, 9.17) is 52.1 Å². The van der Waals surface area contributed by atoms with Gasteiger partial charge in [-0.15, -0.1) is 0 Å². The molecule has 0 N–H and O–H groups in total. The number of unbranched alkanes of at least 4 members (excludes halogenated alkanes) is 5. The monoisotopic (exact) mass is 714 g/mol. The number of rotatable bonds is 39. The number of aryl methyl sites for hydroxylation is 1. The molecule has 0 unspecified atom stereocenters. The van der Waals surface area contributed by atoms with Crippen LogP contribution in [0, 0.1) is 0 Å². The number of ether oxygens (including phenoxy) is 11. The Bertz CT molecular complexity index is 883. The highest BCUT2D eigenvalue weighted by Crippen LogP contribution is 2.15. The van der Waals surface area contributed by atoms with Gasteiger partial charge in [-0.25, -0.2) is 4.79 Å². The van der Waals surface area contributed by atoms with Crippen molar-refractivity contribution in [1.82, 2.24) is 0 Å². The Labute approximate surface area is 301 Å². The van der Waals surface area contributed by atoms with Gasteiger partial charge in [0.2, 0.25) is 0 Å². The molecule has 0 aliphatic carbocycles. The maximum Gasteiger partial charge on any atom is 0.333 e. The van der Waals surface area contributed by atoms with E-state index in [1.807, 2.05) is 12.1 Å². The molecule has 0 bridgehead atoms. The minimum absolute atomic E-state index is 0.200. The molecule has 0 fully saturated rings. The van der Waals surface area contributed by atoms with Crippen molar-refractivity contribution >= 4 is 5.97 Å². The lowest BCUT2D eigenvalue weighted by Crippen LogP contribution is -2.15. The first-order valence-electron chi connectivity index (χ1n) is 18.4. The molecule has 0 aromatic heterocycles. The molecular weight excluding hydrogens is 648 g/mol. The van der Waals surface area contributed by atoms with Crippen LogP contribution in [0.4, 0.5) is 0 Å². The summed E-state index contributed by atoms with van der Waals surface area (Å²) in [5, 5.41) is 0. The fourth-order valence-corrected chi connectivity index (χ4v) is 4.26. The van der Waals surface area contributed by atoms with E-state index in [-0.39, 0.29) is 6.61 Å². The van der Waals surface area contributed by atoms with Gasteiger partial charge in [0.05, 0.1) is 119 Å². The summed E-state index contributed by atoms with van der Waals surface area (Å²) in [5.74, 6) is 0.470. The van der Waals surface area contributed by atoms with Gasteiger partial charge in [-0.1, -0.05) is 57.7 Å². The number of esters is 1. The number of carbonyl (C=O) groups excluding carboxylic acids is 1. The molecule has 0 saturated carbocycles. The van der Waals surface area contributed by atoms with Crippen molar-refractivity contribution in [2.75, 3.05) is 132 Å². The van der Waals surface area contributed by atoms with Gasteiger partial charge >= 0.3 is 5.97 Å². The van der Waals surface area contributed by atoms with E-state index in [0.29, 0.717) is 131 Å². The summed E-state index contributed by atoms with van der Waals surface area (Å²) < 4.78 is 59.9. The highest BCUT2D eigenvalue weighted by atomic mass is 16.6. The van der Waals surface area contributed by atoms with E-state index in [0.717, 1.165) is 12.2 Å². The van der Waals surface area contributed by atoms with Crippen LogP contribution in [0.15, 0.2) is 36.4 Å². The Hall–Kier alpha value is -2.13. The van der Waals surface area contributed by atoms with Crippen molar-refractivity contribution in [1.29, 1.82) is 0 Å². The van der Waals surface area contributed by atoms with Crippen molar-refractivity contribution < 1.29 is 56.9 Å². The van der Waals surface area contributed by atoms with E-state index < -0.39 is 5.97 Å². The van der Waals surface area contributed by atoms with Gasteiger partial charge in [-0.05, 0) is 37.5 Å². The van der Waals surface area contributed by atoms with Crippen LogP contribution in [-0.4, -0.2) is 138 Å². The van der Waals surface area contributed by atoms with Crippen LogP contribution >= 0.6 is 0 Å². The van der Waals surface area contributed by atoms with E-state index >= 15 is 0 Å². The molecule has 290 valence electrons. The van der Waals surface area contributed by atoms with Gasteiger partial charge in [-0.3, -0.25) is 0 Å². The number of hydrogen-bond donors (Lipinski definition) is 0. The predicted molar refractivity (Wildman–Crippen MR) is 192 cm³/mol. The SMILES string of the molecule is C=C(C)C(=O)OCCOCCOCCOCCOCCOCCOCCOCCOCCOCCOc1ccc(CCCCCCCC)cc1. The second kappa shape index (κ2) is 36.7. The molecule has 0 atom stereocenters. The van der Waals surface area contributed by atoms with Gasteiger partial charge in [-0.2, -0.15) is 0 Å². The summed E-state index contributed by atoms with van der Waals surface area (Å²) in [6, 6.07) is 8.42. The van der Waals surface area contributed by atoms with Crippen LogP contribution in [-0.2, 0) is 58.6 Å². The van der Waals surface area contributed by atoms with Crippen LogP contribution < -0.4 is 4.74 Å². The van der Waals surface area contributed by atoms with Crippen LogP contribution in [0.2, 0.25) is 0 Å². The molecule has 0 radical (unpaired) electrons. The molecule has 1 rings (SSSR count). The van der Waals surface area contributed by atoms with Gasteiger partial charge in [0.25, 0.3) is 0 Å². The van der Waals surface area contributed by atoms with Gasteiger partial charge in [0.15, 0.2) is 0 Å². The third-order valence-electron chi connectivity index (χ3n) is 7.02. The zero-order valence-electron chi connectivity index (χ0n) is 31.0. The molecule has 0 aliphatic heterocycles. The second-order valence-corrected chi connectivity index (χ2v) is 11.4. The topological polar surface area (TPSA) is 119 Å². The van der Waals surface area contributed by atoms with Crippen molar-refractivity contribution in [2.45, 2.75) is 58.8 Å². The minimum Gasteiger partial charge on any atom is -0.491 e. The smallest absolute Gasteiger partial charge is 0.333 e. The van der Waals surface area contributed by atoms with Gasteiger partial charge in [0, 0.05) is 5.57 Å². The second-order valence-electron chi connectivity index (χ2n) is 11.4. The van der Waals surface area contributed by atoms with Crippen LogP contribution in [0.5, 0.6) is 5.75 Å². The van der Waals surface area contributed by atoms with Crippen molar-refractivity contribution in [3.8, 4) is 5.75 Å². The third-order valence-corrected chi connectivity index (χ3v) is 7.02. The summed E-state index contributed by atoms with van der Waals surface area (Å²) >= 11 is 0. The first kappa shape index (κ1) is 45.9. The number of carbonyl (C=O) groups is 1. The van der Waals surface area contributed by atoms with Gasteiger partial charge in [0.1, 0.15) is 19.0 Å². The molecule has 0 amide bonds. The van der Waals surface area contributed by atoms with E-state index in [2.05, 4.69) is 25.6 Å². The molecule has 0 saturated heterocycles. The molecule has 0 aliphatic rings. The summed E-state index contributed by atoms with van der Waals surface area (Å²) in [7, 11) is 0. The Morgan fingerprint density at radius 3 is 1.20 bits per heavy atom. The number of benzene rings is 1. The van der Waals surface area contributed by atoms with Crippen molar-refractivity contribution in [3.05, 3.63) is 42.0 Å². The zero-order valence-corrected chi connectivity index (χ0v) is 31.0. The highest BCUT2D eigenvalue weighted by Gasteiger charge is 2.02. The maximum absolute atomic E-state index is 11.2. The fourth-order valence-electron chi connectivity index (χ4n) is 4.26. The van der Waals surface area contributed by atoms with Crippen molar-refractivity contribution in [3.63, 3.8) is 0 Å². The first-order valence-corrected chi connectivity index (χ1v) is 18.4. The largest absolute Gasteiger partial charge is 0.491 e. The highest BCUT2D eigenvalue weighted by molar-refractivity contribution is 5.86. The Morgan fingerprint density at radius 2 is 0.820 bits per heavy atom. The molecule has 1 aromatic carbocycles. The van der Waals surface area contributed by atoms with Gasteiger partial charge < -0.3 is 52.1 Å². The maximum atomic E-state index is 11.2. The van der Waals surface area contributed by atoms with Crippen LogP contribution in [0.3, 0.4) is 0 Å². The summed E-state index contributed by atoms with van der Waals surface area (Å²) in [4.78, 5) is 11.2. The average molecular weight is 715 g/mol. The van der Waals surface area contributed by atoms with E-state index in [1.54, 1.807) is 6.92 Å². The molecule has 12 nitrogen and oxygen atoms in total. The summed E-state index contributed by atoms with van der Waals surface area (Å²) in [5.41, 5.74) is 1.75. The zero-order chi connectivity index (χ0) is 36.0. The lowest BCUT2D eigenvalue weighted by Gasteiger charge is -2.09. The Morgan fingerprint density at radius 1 is 0.480 bits per heavy atom.